The Balaban J connectivity index is 1.30. The van der Waals surface area contributed by atoms with E-state index in [4.69, 9.17) is 25.0 Å². The van der Waals surface area contributed by atoms with Gasteiger partial charge in [-0.15, -0.1) is 16.4 Å². The van der Waals surface area contributed by atoms with Crippen molar-refractivity contribution in [3.63, 3.8) is 0 Å². The molecule has 2 fully saturated rings. The van der Waals surface area contributed by atoms with Crippen LogP contribution in [0.3, 0.4) is 0 Å². The Labute approximate surface area is 265 Å². The molecule has 14 heteroatoms. The Bertz CT molecular complexity index is 1830. The molecule has 4 aliphatic rings. The largest absolute Gasteiger partial charge is 0.389 e. The quantitative estimate of drug-likeness (QED) is 0.337. The number of fused-ring (bicyclic) bond motifs is 5. The number of hydrogen-bond acceptors (Lipinski definition) is 13. The van der Waals surface area contributed by atoms with Crippen LogP contribution < -0.4 is 10.6 Å². The van der Waals surface area contributed by atoms with Crippen LogP contribution in [-0.2, 0) is 23.2 Å². The smallest absolute Gasteiger partial charge is 0.186 e. The average Bonchev–Trinajstić information content (AvgIpc) is 3.81. The number of hydrogen-bond donors (Lipinski definition) is 2. The van der Waals surface area contributed by atoms with E-state index in [0.717, 1.165) is 67.6 Å². The van der Waals surface area contributed by atoms with Gasteiger partial charge in [0.25, 0.3) is 0 Å². The number of likely N-dealkylation sites (N-methyl/N-ethyl adjacent to an activating group) is 1. The average molecular weight is 631 g/mol. The fourth-order valence-electron chi connectivity index (χ4n) is 8.16. The minimum Gasteiger partial charge on any atom is -0.389 e. The molecule has 8 rings (SSSR count). The number of thiophene rings is 1. The number of nitrogen functional groups attached to an aromatic ring is 1. The van der Waals surface area contributed by atoms with E-state index < -0.39 is 11.2 Å². The second-order valence-electron chi connectivity index (χ2n) is 13.4. The second kappa shape index (κ2) is 10.4. The monoisotopic (exact) mass is 630 g/mol. The number of aromatic nitrogens is 6. The van der Waals surface area contributed by atoms with Crippen molar-refractivity contribution < 1.29 is 14.4 Å². The first kappa shape index (κ1) is 28.8. The lowest BCUT2D eigenvalue weighted by molar-refractivity contribution is -0.0580. The Morgan fingerprint density at radius 2 is 2.04 bits per heavy atom. The fourth-order valence-corrected chi connectivity index (χ4v) is 9.29. The number of rotatable bonds is 4. The third-order valence-corrected chi connectivity index (χ3v) is 11.4. The second-order valence-corrected chi connectivity index (χ2v) is 14.5. The van der Waals surface area contributed by atoms with Gasteiger partial charge < -0.3 is 29.9 Å². The molecule has 45 heavy (non-hydrogen) atoms. The molecule has 7 heterocycles. The van der Waals surface area contributed by atoms with Crippen molar-refractivity contribution in [2.24, 2.45) is 0 Å². The molecule has 0 aromatic carbocycles. The SMILES string of the molecule is CC(C1CCCN1C)n1nnc2c(N3CCCC(C)(O)C3)nc(-c3noc4c3CCOC43CCCc4sc(N)c(C#N)c43)nc21. The number of aryl methyl sites for hydroxylation is 1. The highest BCUT2D eigenvalue weighted by molar-refractivity contribution is 7.16. The van der Waals surface area contributed by atoms with Gasteiger partial charge in [0.15, 0.2) is 39.9 Å². The summed E-state index contributed by atoms with van der Waals surface area (Å²) < 4.78 is 14.7. The van der Waals surface area contributed by atoms with Crippen LogP contribution >= 0.6 is 11.3 Å². The highest BCUT2D eigenvalue weighted by Crippen LogP contribution is 2.53. The standard InChI is InChI=1S/C31H38N10O3S/c1-17(20-7-5-12-39(20)3)41-29-24(36-38-41)28(40-13-6-10-30(2,42)16-40)34-27(35-29)23-18-9-14-43-31(25(18)44-37-23)11-4-8-21-22(31)19(15-32)26(33)45-21/h17,20,42H,4-14,16,33H2,1-3H3. The third-order valence-electron chi connectivity index (χ3n) is 10.3. The van der Waals surface area contributed by atoms with Gasteiger partial charge in [-0.3, -0.25) is 0 Å². The lowest BCUT2D eigenvalue weighted by Gasteiger charge is -2.38. The zero-order valence-electron chi connectivity index (χ0n) is 25.9. The first-order chi connectivity index (χ1) is 21.7. The molecule has 0 bridgehead atoms. The molecule has 236 valence electrons. The summed E-state index contributed by atoms with van der Waals surface area (Å²) in [4.78, 5) is 15.7. The minimum atomic E-state index is -0.922. The van der Waals surface area contributed by atoms with Crippen LogP contribution in [0.15, 0.2) is 4.52 Å². The van der Waals surface area contributed by atoms with Crippen LogP contribution in [0.2, 0.25) is 0 Å². The Morgan fingerprint density at radius 3 is 2.82 bits per heavy atom. The number of nitriles is 1. The van der Waals surface area contributed by atoms with E-state index in [2.05, 4.69) is 45.3 Å². The van der Waals surface area contributed by atoms with E-state index >= 15 is 0 Å². The van der Waals surface area contributed by atoms with Crippen molar-refractivity contribution in [2.75, 3.05) is 43.9 Å². The third kappa shape index (κ3) is 4.39. The molecule has 0 radical (unpaired) electrons. The number of nitrogens with two attached hydrogens (primary N) is 1. The summed E-state index contributed by atoms with van der Waals surface area (Å²) in [7, 11) is 2.16. The maximum atomic E-state index is 11.0. The van der Waals surface area contributed by atoms with Gasteiger partial charge in [0.05, 0.1) is 23.8 Å². The Hall–Kier alpha value is -3.64. The lowest BCUT2D eigenvalue weighted by Crippen LogP contribution is -2.46. The maximum Gasteiger partial charge on any atom is 0.186 e. The van der Waals surface area contributed by atoms with Crippen LogP contribution in [0.5, 0.6) is 0 Å². The van der Waals surface area contributed by atoms with E-state index in [1.165, 1.54) is 11.3 Å². The maximum absolute atomic E-state index is 11.0. The highest BCUT2D eigenvalue weighted by atomic mass is 32.1. The van der Waals surface area contributed by atoms with E-state index in [1.807, 2.05) is 11.6 Å². The van der Waals surface area contributed by atoms with Gasteiger partial charge in [-0.1, -0.05) is 10.4 Å². The molecule has 3 aliphatic heterocycles. The van der Waals surface area contributed by atoms with Crippen molar-refractivity contribution in [1.82, 2.24) is 35.0 Å². The molecule has 0 saturated carbocycles. The molecule has 3 N–H and O–H groups in total. The number of piperidine rings is 1. The van der Waals surface area contributed by atoms with Gasteiger partial charge in [-0.2, -0.15) is 5.26 Å². The molecule has 4 aromatic heterocycles. The summed E-state index contributed by atoms with van der Waals surface area (Å²) in [5, 5.41) is 35.5. The summed E-state index contributed by atoms with van der Waals surface area (Å²) in [5.74, 6) is 1.68. The molecule has 1 spiro atoms. The van der Waals surface area contributed by atoms with Crippen LogP contribution in [-0.4, -0.2) is 85.1 Å². The predicted octanol–water partition coefficient (Wildman–Crippen LogP) is 3.55. The molecule has 4 aromatic rings. The highest BCUT2D eigenvalue weighted by Gasteiger charge is 2.50. The van der Waals surface area contributed by atoms with Crippen molar-refractivity contribution >= 4 is 33.3 Å². The van der Waals surface area contributed by atoms with E-state index in [9.17, 15) is 10.4 Å². The van der Waals surface area contributed by atoms with Crippen LogP contribution in [0.1, 0.15) is 85.7 Å². The molecular formula is C31H38N10O3S. The molecule has 0 amide bonds. The van der Waals surface area contributed by atoms with Crippen molar-refractivity contribution in [3.05, 3.63) is 27.3 Å². The van der Waals surface area contributed by atoms with Crippen molar-refractivity contribution in [2.45, 2.75) is 88.5 Å². The first-order valence-electron chi connectivity index (χ1n) is 16.0. The molecule has 1 aliphatic carbocycles. The molecule has 2 saturated heterocycles. The topological polar surface area (TPSA) is 168 Å². The number of ether oxygens (including phenoxy) is 1. The fraction of sp³-hybridized carbons (Fsp3) is 0.613. The number of anilines is 2. The number of nitrogens with zero attached hydrogens (tertiary/aromatic N) is 9. The number of aliphatic hydroxyl groups is 1. The van der Waals surface area contributed by atoms with E-state index in [1.54, 1.807) is 0 Å². The van der Waals surface area contributed by atoms with Gasteiger partial charge in [0.2, 0.25) is 0 Å². The van der Waals surface area contributed by atoms with Gasteiger partial charge >= 0.3 is 0 Å². The summed E-state index contributed by atoms with van der Waals surface area (Å²) in [6.07, 6.45) is 6.75. The zero-order valence-corrected chi connectivity index (χ0v) is 26.7. The van der Waals surface area contributed by atoms with Crippen molar-refractivity contribution in [1.29, 1.82) is 5.26 Å². The van der Waals surface area contributed by atoms with Crippen molar-refractivity contribution in [3.8, 4) is 17.6 Å². The van der Waals surface area contributed by atoms with E-state index in [0.29, 0.717) is 76.9 Å². The minimum absolute atomic E-state index is 0.0413. The predicted molar refractivity (Wildman–Crippen MR) is 168 cm³/mol. The van der Waals surface area contributed by atoms with Gasteiger partial charge in [-0.25, -0.2) is 14.6 Å². The summed E-state index contributed by atoms with van der Waals surface area (Å²) in [5.41, 5.74) is 8.55. The van der Waals surface area contributed by atoms with Gasteiger partial charge in [0, 0.05) is 41.6 Å². The van der Waals surface area contributed by atoms with Crippen LogP contribution in [0.4, 0.5) is 10.8 Å². The van der Waals surface area contributed by atoms with Gasteiger partial charge in [-0.05, 0) is 72.4 Å². The summed E-state index contributed by atoms with van der Waals surface area (Å²) in [6, 6.07) is 2.69. The Kier molecular flexibility index (Phi) is 6.69. The molecular weight excluding hydrogens is 592 g/mol. The molecule has 13 nitrogen and oxygen atoms in total. The number of β-amino-alcohol motifs (C(OH)–C–C–N with tert-alkyl or cyclic N) is 1. The summed E-state index contributed by atoms with van der Waals surface area (Å²) in [6.45, 7) is 6.70. The van der Waals surface area contributed by atoms with E-state index in [-0.39, 0.29) is 6.04 Å². The lowest BCUT2D eigenvalue weighted by atomic mass is 9.76. The Morgan fingerprint density at radius 1 is 1.18 bits per heavy atom. The normalized spacial score (nSPS) is 27.5. The first-order valence-corrected chi connectivity index (χ1v) is 16.8. The van der Waals surface area contributed by atoms with Crippen LogP contribution in [0.25, 0.3) is 22.7 Å². The molecule has 4 atom stereocenters. The van der Waals surface area contributed by atoms with Gasteiger partial charge in [0.1, 0.15) is 11.1 Å². The molecule has 4 unspecified atom stereocenters. The zero-order chi connectivity index (χ0) is 31.1. The summed E-state index contributed by atoms with van der Waals surface area (Å²) >= 11 is 1.46. The number of likely N-dealkylation sites (tertiary alicyclic amines) is 1. The van der Waals surface area contributed by atoms with Crippen LogP contribution in [0, 0.1) is 11.3 Å².